The number of aromatic nitrogens is 4. The number of carbonyl (C=O) groups is 1. The van der Waals surface area contributed by atoms with Gasteiger partial charge < -0.3 is 4.52 Å². The van der Waals surface area contributed by atoms with Gasteiger partial charge >= 0.3 is 0 Å². The van der Waals surface area contributed by atoms with Gasteiger partial charge in [0.15, 0.2) is 0 Å². The van der Waals surface area contributed by atoms with Crippen molar-refractivity contribution < 1.29 is 17.7 Å². The maximum atomic E-state index is 12.9. The number of nitrogens with one attached hydrogen (secondary N) is 1. The molecule has 0 aliphatic rings. The Morgan fingerprint density at radius 3 is 2.52 bits per heavy atom. The van der Waals surface area contributed by atoms with Crippen LogP contribution in [0.4, 0.5) is 5.13 Å². The molecule has 1 amide bonds. The van der Waals surface area contributed by atoms with Crippen molar-refractivity contribution in [1.82, 2.24) is 24.6 Å². The Morgan fingerprint density at radius 2 is 1.82 bits per heavy atom. The van der Waals surface area contributed by atoms with E-state index in [4.69, 9.17) is 16.1 Å². The molecule has 170 valence electrons. The summed E-state index contributed by atoms with van der Waals surface area (Å²) in [6.07, 6.45) is 0. The van der Waals surface area contributed by atoms with Crippen molar-refractivity contribution in [3.8, 4) is 11.4 Å². The molecule has 10 nitrogen and oxygen atoms in total. The van der Waals surface area contributed by atoms with Gasteiger partial charge in [-0.1, -0.05) is 57.9 Å². The average Bonchev–Trinajstić information content (AvgIpc) is 3.45. The quantitative estimate of drug-likeness (QED) is 0.377. The van der Waals surface area contributed by atoms with Crippen molar-refractivity contribution in [1.29, 1.82) is 0 Å². The number of sulfonamides is 1. The van der Waals surface area contributed by atoms with Crippen LogP contribution in [0.15, 0.2) is 57.4 Å². The van der Waals surface area contributed by atoms with E-state index in [9.17, 15) is 13.2 Å². The second kappa shape index (κ2) is 9.35. The zero-order valence-electron chi connectivity index (χ0n) is 17.4. The predicted molar refractivity (Wildman–Crippen MR) is 122 cm³/mol. The Morgan fingerprint density at radius 1 is 1.12 bits per heavy atom. The van der Waals surface area contributed by atoms with Crippen LogP contribution in [-0.4, -0.2) is 46.0 Å². The first-order valence-electron chi connectivity index (χ1n) is 9.49. The Kier molecular flexibility index (Phi) is 6.51. The van der Waals surface area contributed by atoms with Crippen molar-refractivity contribution in [2.45, 2.75) is 17.8 Å². The Labute approximate surface area is 198 Å². The number of hydrogen-bond donors (Lipinski definition) is 1. The summed E-state index contributed by atoms with van der Waals surface area (Å²) in [7, 11) is -2.64. The Balaban J connectivity index is 1.44. The Bertz CT molecular complexity index is 1380. The van der Waals surface area contributed by atoms with Crippen LogP contribution in [0.1, 0.15) is 21.8 Å². The number of hydrogen-bond acceptors (Lipinski definition) is 9. The molecule has 0 saturated carbocycles. The number of rotatable bonds is 7. The number of aryl methyl sites for hydroxylation is 1. The highest BCUT2D eigenvalue weighted by atomic mass is 35.5. The monoisotopic (exact) mass is 504 g/mol. The lowest BCUT2D eigenvalue weighted by molar-refractivity contribution is 0.102. The lowest BCUT2D eigenvalue weighted by Gasteiger charge is -2.11. The van der Waals surface area contributed by atoms with Gasteiger partial charge in [0, 0.05) is 23.2 Å². The lowest BCUT2D eigenvalue weighted by atomic mass is 10.1. The highest BCUT2D eigenvalue weighted by molar-refractivity contribution is 7.91. The molecule has 2 aromatic heterocycles. The molecule has 0 saturated heterocycles. The van der Waals surface area contributed by atoms with Crippen LogP contribution in [0, 0.1) is 6.92 Å². The maximum Gasteiger partial charge on any atom is 0.272 e. The molecule has 1 N–H and O–H groups in total. The summed E-state index contributed by atoms with van der Waals surface area (Å²) in [4.78, 5) is 16.6. The normalized spacial score (nSPS) is 11.6. The number of benzene rings is 2. The first kappa shape index (κ1) is 23.0. The van der Waals surface area contributed by atoms with Crippen LogP contribution in [0.2, 0.25) is 5.02 Å². The van der Waals surface area contributed by atoms with Crippen molar-refractivity contribution in [3.05, 3.63) is 70.6 Å². The first-order chi connectivity index (χ1) is 15.7. The van der Waals surface area contributed by atoms with Crippen LogP contribution in [0.25, 0.3) is 11.4 Å². The molecule has 0 aliphatic heterocycles. The molecule has 0 atom stereocenters. The summed E-state index contributed by atoms with van der Waals surface area (Å²) in [6.45, 7) is 1.81. The van der Waals surface area contributed by atoms with Gasteiger partial charge in [-0.05, 0) is 31.2 Å². The van der Waals surface area contributed by atoms with Crippen LogP contribution in [0.3, 0.4) is 0 Å². The molecule has 0 bridgehead atoms. The van der Waals surface area contributed by atoms with Gasteiger partial charge in [0.1, 0.15) is 0 Å². The number of halogens is 1. The number of anilines is 1. The third kappa shape index (κ3) is 5.25. The molecule has 0 unspecified atom stereocenters. The van der Waals surface area contributed by atoms with E-state index < -0.39 is 15.9 Å². The molecular weight excluding hydrogens is 488 g/mol. The zero-order valence-corrected chi connectivity index (χ0v) is 19.8. The maximum absolute atomic E-state index is 12.9. The van der Waals surface area contributed by atoms with Crippen LogP contribution >= 0.6 is 22.9 Å². The van der Waals surface area contributed by atoms with E-state index in [1.165, 1.54) is 7.05 Å². The SMILES string of the molecule is Cc1ccc(-c2noc(CN(C)S(=O)(=O)c3nnc(NC(=O)c4ccc(Cl)cc4)s3)n2)cc1. The molecule has 0 fully saturated rings. The van der Waals surface area contributed by atoms with E-state index in [1.54, 1.807) is 24.3 Å². The fourth-order valence-corrected chi connectivity index (χ4v) is 5.01. The molecule has 0 spiro atoms. The minimum absolute atomic E-state index is 0.0429. The second-order valence-corrected chi connectivity index (χ2v) is 10.6. The summed E-state index contributed by atoms with van der Waals surface area (Å²) in [5.41, 5.74) is 2.19. The van der Waals surface area contributed by atoms with E-state index in [0.717, 1.165) is 26.8 Å². The highest BCUT2D eigenvalue weighted by Gasteiger charge is 2.28. The summed E-state index contributed by atoms with van der Waals surface area (Å²) >= 11 is 6.55. The van der Waals surface area contributed by atoms with Crippen molar-refractivity contribution in [2.24, 2.45) is 0 Å². The largest absolute Gasteiger partial charge is 0.338 e. The summed E-state index contributed by atoms with van der Waals surface area (Å²) in [5, 5.41) is 14.4. The van der Waals surface area contributed by atoms with Crippen molar-refractivity contribution in [3.63, 3.8) is 0 Å². The smallest absolute Gasteiger partial charge is 0.272 e. The molecule has 33 heavy (non-hydrogen) atoms. The van der Waals surface area contributed by atoms with Crippen molar-refractivity contribution in [2.75, 3.05) is 12.4 Å². The molecular formula is C20H17ClN6O4S2. The predicted octanol–water partition coefficient (Wildman–Crippen LogP) is 3.62. The third-order valence-electron chi connectivity index (χ3n) is 4.50. The van der Waals surface area contributed by atoms with Gasteiger partial charge in [0.2, 0.25) is 21.2 Å². The fourth-order valence-electron chi connectivity index (χ4n) is 2.68. The third-order valence-corrected chi connectivity index (χ3v) is 7.74. The first-order valence-corrected chi connectivity index (χ1v) is 12.1. The van der Waals surface area contributed by atoms with Gasteiger partial charge in [-0.2, -0.15) is 9.29 Å². The molecule has 0 radical (unpaired) electrons. The van der Waals surface area contributed by atoms with Gasteiger partial charge in [-0.15, -0.1) is 10.2 Å². The Hall–Kier alpha value is -3.19. The summed E-state index contributed by atoms with van der Waals surface area (Å²) in [6, 6.07) is 13.8. The molecule has 0 aliphatic carbocycles. The average molecular weight is 505 g/mol. The van der Waals surface area contributed by atoms with Crippen molar-refractivity contribution >= 4 is 44.0 Å². The van der Waals surface area contributed by atoms with E-state index in [-0.39, 0.29) is 21.9 Å². The highest BCUT2D eigenvalue weighted by Crippen LogP contribution is 2.25. The van der Waals surface area contributed by atoms with Crippen LogP contribution < -0.4 is 5.32 Å². The number of amides is 1. The van der Waals surface area contributed by atoms with E-state index in [2.05, 4.69) is 25.7 Å². The fraction of sp³-hybridized carbons (Fsp3) is 0.150. The summed E-state index contributed by atoms with van der Waals surface area (Å²) in [5.74, 6) is 0.0194. The summed E-state index contributed by atoms with van der Waals surface area (Å²) < 4.78 is 31.7. The van der Waals surface area contributed by atoms with Gasteiger partial charge in [-0.25, -0.2) is 8.42 Å². The van der Waals surface area contributed by atoms with E-state index in [1.807, 2.05) is 31.2 Å². The lowest BCUT2D eigenvalue weighted by Crippen LogP contribution is -2.26. The molecule has 4 rings (SSSR count). The molecule has 4 aromatic rings. The van der Waals surface area contributed by atoms with E-state index >= 15 is 0 Å². The minimum atomic E-state index is -4.00. The topological polar surface area (TPSA) is 131 Å². The zero-order chi connectivity index (χ0) is 23.6. The van der Waals surface area contributed by atoms with Crippen LogP contribution in [-0.2, 0) is 16.6 Å². The van der Waals surface area contributed by atoms with Crippen LogP contribution in [0.5, 0.6) is 0 Å². The second-order valence-electron chi connectivity index (χ2n) is 6.97. The van der Waals surface area contributed by atoms with Gasteiger partial charge in [0.25, 0.3) is 15.9 Å². The molecule has 2 heterocycles. The molecule has 13 heteroatoms. The number of nitrogens with zero attached hydrogens (tertiary/aromatic N) is 5. The minimum Gasteiger partial charge on any atom is -0.338 e. The standard InChI is InChI=1S/C20H17ClN6O4S2/c1-12-3-5-13(6-4-12)17-22-16(31-26-17)11-27(2)33(29,30)20-25-24-19(32-20)23-18(28)14-7-9-15(21)10-8-14/h3-10H,11H2,1-2H3,(H,23,24,28). The molecule has 2 aromatic carbocycles. The van der Waals surface area contributed by atoms with Gasteiger partial charge in [0.05, 0.1) is 6.54 Å². The van der Waals surface area contributed by atoms with E-state index in [0.29, 0.717) is 16.4 Å². The van der Waals surface area contributed by atoms with Gasteiger partial charge in [-0.3, -0.25) is 10.1 Å². The number of carbonyl (C=O) groups excluding carboxylic acids is 1.